The fourth-order valence-corrected chi connectivity index (χ4v) is 2.10. The quantitative estimate of drug-likeness (QED) is 0.378. The smallest absolute Gasteiger partial charge is 0.292 e. The van der Waals surface area contributed by atoms with E-state index < -0.39 is 16.5 Å². The van der Waals surface area contributed by atoms with Crippen LogP contribution in [0.3, 0.4) is 0 Å². The van der Waals surface area contributed by atoms with Crippen molar-refractivity contribution < 1.29 is 18.8 Å². The molecule has 0 amide bonds. The van der Waals surface area contributed by atoms with Gasteiger partial charge in [0.15, 0.2) is 17.3 Å². The number of methoxy groups -OCH3 is 1. The number of nitrogens with one attached hydrogen (secondary N) is 1. The fourth-order valence-electron chi connectivity index (χ4n) is 2.10. The highest BCUT2D eigenvalue weighted by atomic mass is 19.1. The molecule has 1 N–H and O–H groups in total. The first kappa shape index (κ1) is 17.1. The lowest BCUT2D eigenvalue weighted by Gasteiger charge is -2.03. The summed E-state index contributed by atoms with van der Waals surface area (Å²) < 4.78 is 18.4. The van der Waals surface area contributed by atoms with Gasteiger partial charge in [-0.15, -0.1) is 0 Å². The lowest BCUT2D eigenvalue weighted by Crippen LogP contribution is -1.98. The number of carbonyl (C=O) groups is 1. The Kier molecular flexibility index (Phi) is 5.26. The lowest BCUT2D eigenvalue weighted by atomic mass is 10.1. The monoisotopic (exact) mass is 330 g/mol. The Bertz CT molecular complexity index is 818. The normalized spacial score (nSPS) is 10.6. The highest BCUT2D eigenvalue weighted by Crippen LogP contribution is 2.25. The topological polar surface area (TPSA) is 81.5 Å². The van der Waals surface area contributed by atoms with Crippen molar-refractivity contribution in [3.05, 3.63) is 69.5 Å². The summed E-state index contributed by atoms with van der Waals surface area (Å²) in [6, 6.07) is 8.43. The van der Waals surface area contributed by atoms with Crippen LogP contribution in [0.1, 0.15) is 15.9 Å². The van der Waals surface area contributed by atoms with Crippen LogP contribution in [0.5, 0.6) is 5.75 Å². The molecular weight excluding hydrogens is 315 g/mol. The number of allylic oxidation sites excluding steroid dienone is 1. The first-order chi connectivity index (χ1) is 11.5. The molecule has 6 nitrogen and oxygen atoms in total. The predicted octanol–water partition coefficient (Wildman–Crippen LogP) is 3.68. The Balaban J connectivity index is 2.24. The number of nitrogens with zero attached hydrogens (tertiary/aromatic N) is 1. The molecule has 0 heterocycles. The Hall–Kier alpha value is -3.22. The molecule has 0 aliphatic heterocycles. The summed E-state index contributed by atoms with van der Waals surface area (Å²) in [5.41, 5.74) is 0.928. The summed E-state index contributed by atoms with van der Waals surface area (Å²) >= 11 is 0. The van der Waals surface area contributed by atoms with Gasteiger partial charge in [0.05, 0.1) is 12.0 Å². The van der Waals surface area contributed by atoms with Gasteiger partial charge in [0.1, 0.15) is 5.69 Å². The Morgan fingerprint density at radius 2 is 2.04 bits per heavy atom. The molecule has 0 atom stereocenters. The first-order valence-electron chi connectivity index (χ1n) is 6.98. The highest BCUT2D eigenvalue weighted by Gasteiger charge is 2.13. The van der Waals surface area contributed by atoms with Gasteiger partial charge in [-0.05, 0) is 35.9 Å². The minimum Gasteiger partial charge on any atom is -0.494 e. The molecule has 2 aromatic carbocycles. The zero-order valence-corrected chi connectivity index (χ0v) is 13.1. The number of ether oxygens (including phenoxy) is 1. The summed E-state index contributed by atoms with van der Waals surface area (Å²) in [6.45, 7) is 0. The van der Waals surface area contributed by atoms with Gasteiger partial charge in [0.2, 0.25) is 0 Å². The van der Waals surface area contributed by atoms with Crippen LogP contribution in [0.25, 0.3) is 6.08 Å². The Morgan fingerprint density at radius 1 is 1.29 bits per heavy atom. The number of benzene rings is 2. The highest BCUT2D eigenvalue weighted by molar-refractivity contribution is 6.06. The molecular formula is C17H15FN2O4. The molecule has 0 aliphatic carbocycles. The third kappa shape index (κ3) is 3.75. The maximum absolute atomic E-state index is 13.6. The van der Waals surface area contributed by atoms with Crippen LogP contribution in [0.2, 0.25) is 0 Å². The second kappa shape index (κ2) is 7.36. The molecule has 0 unspecified atom stereocenters. The van der Waals surface area contributed by atoms with E-state index in [0.29, 0.717) is 11.3 Å². The van der Waals surface area contributed by atoms with E-state index >= 15 is 0 Å². The van der Waals surface area contributed by atoms with E-state index in [2.05, 4.69) is 5.32 Å². The maximum Gasteiger partial charge on any atom is 0.292 e. The summed E-state index contributed by atoms with van der Waals surface area (Å²) in [5.74, 6) is -1.00. The molecule has 0 radical (unpaired) electrons. The zero-order valence-electron chi connectivity index (χ0n) is 13.1. The summed E-state index contributed by atoms with van der Waals surface area (Å²) in [6.07, 6.45) is 2.68. The van der Waals surface area contributed by atoms with Gasteiger partial charge in [-0.2, -0.15) is 0 Å². The third-order valence-corrected chi connectivity index (χ3v) is 3.35. The van der Waals surface area contributed by atoms with Gasteiger partial charge in [-0.1, -0.05) is 12.1 Å². The maximum atomic E-state index is 13.6. The predicted molar refractivity (Wildman–Crippen MR) is 89.0 cm³/mol. The van der Waals surface area contributed by atoms with E-state index in [4.69, 9.17) is 4.74 Å². The van der Waals surface area contributed by atoms with Crippen LogP contribution >= 0.6 is 0 Å². The first-order valence-corrected chi connectivity index (χ1v) is 6.98. The van der Waals surface area contributed by atoms with Crippen LogP contribution in [0, 0.1) is 15.9 Å². The number of rotatable bonds is 6. The molecule has 24 heavy (non-hydrogen) atoms. The van der Waals surface area contributed by atoms with Crippen molar-refractivity contribution in [2.45, 2.75) is 0 Å². The number of nitro groups is 1. The van der Waals surface area contributed by atoms with Gasteiger partial charge >= 0.3 is 0 Å². The van der Waals surface area contributed by atoms with Gasteiger partial charge < -0.3 is 10.1 Å². The summed E-state index contributed by atoms with van der Waals surface area (Å²) in [7, 11) is 2.92. The summed E-state index contributed by atoms with van der Waals surface area (Å²) in [4.78, 5) is 22.6. The van der Waals surface area contributed by atoms with Crippen molar-refractivity contribution in [1.82, 2.24) is 0 Å². The van der Waals surface area contributed by atoms with Crippen molar-refractivity contribution in [2.75, 3.05) is 19.5 Å². The minimum atomic E-state index is -0.634. The number of halogens is 1. The van der Waals surface area contributed by atoms with Gasteiger partial charge in [-0.25, -0.2) is 4.39 Å². The number of nitro benzene ring substituents is 1. The average Bonchev–Trinajstić information content (AvgIpc) is 2.59. The van der Waals surface area contributed by atoms with Crippen molar-refractivity contribution in [2.24, 2.45) is 0 Å². The van der Waals surface area contributed by atoms with E-state index in [1.54, 1.807) is 19.2 Å². The van der Waals surface area contributed by atoms with Crippen LogP contribution < -0.4 is 10.1 Å². The number of hydrogen-bond donors (Lipinski definition) is 1. The Labute approximate surface area is 137 Å². The van der Waals surface area contributed by atoms with Crippen molar-refractivity contribution in [1.29, 1.82) is 0 Å². The van der Waals surface area contributed by atoms with E-state index in [0.717, 1.165) is 6.07 Å². The second-order valence-electron chi connectivity index (χ2n) is 4.83. The van der Waals surface area contributed by atoms with Crippen LogP contribution in [0.4, 0.5) is 15.8 Å². The molecule has 0 spiro atoms. The van der Waals surface area contributed by atoms with Crippen LogP contribution in [-0.2, 0) is 0 Å². The molecule has 0 aliphatic rings. The fraction of sp³-hybridized carbons (Fsp3) is 0.118. The minimum absolute atomic E-state index is 0.0498. The van der Waals surface area contributed by atoms with E-state index in [1.807, 2.05) is 0 Å². The van der Waals surface area contributed by atoms with E-state index in [1.165, 1.54) is 37.5 Å². The summed E-state index contributed by atoms with van der Waals surface area (Å²) in [5, 5.41) is 13.7. The van der Waals surface area contributed by atoms with Crippen LogP contribution in [-0.4, -0.2) is 24.9 Å². The molecule has 0 fully saturated rings. The molecule has 0 aromatic heterocycles. The van der Waals surface area contributed by atoms with Gasteiger partial charge in [0.25, 0.3) is 5.69 Å². The number of ketones is 1. The van der Waals surface area contributed by atoms with Crippen molar-refractivity contribution in [3.8, 4) is 5.75 Å². The average molecular weight is 330 g/mol. The van der Waals surface area contributed by atoms with Crippen LogP contribution in [0.15, 0.2) is 42.5 Å². The van der Waals surface area contributed by atoms with E-state index in [9.17, 15) is 19.3 Å². The van der Waals surface area contributed by atoms with Crippen molar-refractivity contribution in [3.63, 3.8) is 0 Å². The Morgan fingerprint density at radius 3 is 2.62 bits per heavy atom. The van der Waals surface area contributed by atoms with Crippen molar-refractivity contribution >= 4 is 23.2 Å². The standard InChI is InChI=1S/C17H15FN2O4/c1-19-14-6-3-11(9-15(14)20(22)23)4-7-16(21)12-5-8-17(24-2)13(18)10-12/h3-10,19H,1-2H3/b7-4+. The largest absolute Gasteiger partial charge is 0.494 e. The molecule has 2 aromatic rings. The zero-order chi connectivity index (χ0) is 17.7. The lowest BCUT2D eigenvalue weighted by molar-refractivity contribution is -0.383. The number of anilines is 1. The van der Waals surface area contributed by atoms with Gasteiger partial charge in [-0.3, -0.25) is 14.9 Å². The molecule has 2 rings (SSSR count). The van der Waals surface area contributed by atoms with E-state index in [-0.39, 0.29) is 17.0 Å². The molecule has 7 heteroatoms. The number of carbonyl (C=O) groups excluding carboxylic acids is 1. The second-order valence-corrected chi connectivity index (χ2v) is 4.83. The molecule has 0 bridgehead atoms. The SMILES string of the molecule is CNc1ccc(/C=C/C(=O)c2ccc(OC)c(F)c2)cc1[N+](=O)[O-]. The number of hydrogen-bond acceptors (Lipinski definition) is 5. The molecule has 0 saturated carbocycles. The third-order valence-electron chi connectivity index (χ3n) is 3.35. The molecule has 124 valence electrons. The van der Waals surface area contributed by atoms with Gasteiger partial charge in [0, 0.05) is 18.7 Å². The molecule has 0 saturated heterocycles.